The van der Waals surface area contributed by atoms with Crippen LogP contribution in [-0.2, 0) is 0 Å². The minimum absolute atomic E-state index is 0.0626. The summed E-state index contributed by atoms with van der Waals surface area (Å²) in [5.74, 6) is -0.860. The standard InChI is InChI=1S/C28H29F4N3O3/c29-21-6-3-18(4-7-21)26(36)19-9-13-34(14-10-19)15-11-22-2-1-12-35(22)27(37)25-16-20-5-8-23(17-24(20)33-25)38-28(30,31)32/h3-8,16-17,19,22,33H,1-2,9-15H2/t22-/m0/s1. The zero-order chi connectivity index (χ0) is 26.9. The van der Waals surface area contributed by atoms with E-state index < -0.39 is 6.36 Å². The summed E-state index contributed by atoms with van der Waals surface area (Å²) in [6.07, 6.45) is -0.679. The van der Waals surface area contributed by atoms with Crippen molar-refractivity contribution in [1.82, 2.24) is 14.8 Å². The van der Waals surface area contributed by atoms with Crippen LogP contribution in [-0.4, -0.2) is 65.1 Å². The average Bonchev–Trinajstić information content (AvgIpc) is 3.53. The fraction of sp³-hybridized carbons (Fsp3) is 0.429. The van der Waals surface area contributed by atoms with Gasteiger partial charge >= 0.3 is 6.36 Å². The third kappa shape index (κ3) is 6.01. The summed E-state index contributed by atoms with van der Waals surface area (Å²) >= 11 is 0. The summed E-state index contributed by atoms with van der Waals surface area (Å²) in [7, 11) is 0. The van der Waals surface area contributed by atoms with Crippen LogP contribution in [0.5, 0.6) is 5.75 Å². The van der Waals surface area contributed by atoms with Crippen molar-refractivity contribution >= 4 is 22.6 Å². The molecule has 2 aliphatic heterocycles. The Labute approximate surface area is 217 Å². The maximum atomic E-state index is 13.3. The number of Topliss-reactive ketones (excluding diaryl/α,β-unsaturated/α-hetero) is 1. The molecule has 0 saturated carbocycles. The highest BCUT2D eigenvalue weighted by atomic mass is 19.4. The highest BCUT2D eigenvalue weighted by molar-refractivity contribution is 5.99. The minimum atomic E-state index is -4.78. The van der Waals surface area contributed by atoms with Gasteiger partial charge in [-0.15, -0.1) is 13.2 Å². The molecule has 2 saturated heterocycles. The molecule has 3 aromatic rings. The summed E-state index contributed by atoms with van der Waals surface area (Å²) in [6, 6.07) is 11.4. The van der Waals surface area contributed by atoms with Gasteiger partial charge in [-0.05, 0) is 87.7 Å². The van der Waals surface area contributed by atoms with E-state index in [1.54, 1.807) is 6.07 Å². The molecule has 38 heavy (non-hydrogen) atoms. The molecule has 2 fully saturated rings. The van der Waals surface area contributed by atoms with Crippen molar-refractivity contribution in [2.24, 2.45) is 5.92 Å². The summed E-state index contributed by atoms with van der Waals surface area (Å²) in [5, 5.41) is 0.636. The lowest BCUT2D eigenvalue weighted by Crippen LogP contribution is -2.41. The Morgan fingerprint density at radius 1 is 0.974 bits per heavy atom. The van der Waals surface area contributed by atoms with Crippen molar-refractivity contribution in [1.29, 1.82) is 0 Å². The summed E-state index contributed by atoms with van der Waals surface area (Å²) in [6.45, 7) is 3.04. The molecule has 10 heteroatoms. The van der Waals surface area contributed by atoms with E-state index >= 15 is 0 Å². The molecule has 1 amide bonds. The van der Waals surface area contributed by atoms with Gasteiger partial charge in [0.15, 0.2) is 5.78 Å². The van der Waals surface area contributed by atoms with E-state index in [0.29, 0.717) is 28.7 Å². The number of fused-ring (bicyclic) bond motifs is 1. The minimum Gasteiger partial charge on any atom is -0.406 e. The van der Waals surface area contributed by atoms with Gasteiger partial charge in [0.1, 0.15) is 17.3 Å². The predicted molar refractivity (Wildman–Crippen MR) is 134 cm³/mol. The Morgan fingerprint density at radius 2 is 1.71 bits per heavy atom. The van der Waals surface area contributed by atoms with Gasteiger partial charge in [0, 0.05) is 47.6 Å². The normalized spacial score (nSPS) is 19.3. The van der Waals surface area contributed by atoms with E-state index in [-0.39, 0.29) is 35.2 Å². The maximum absolute atomic E-state index is 13.3. The van der Waals surface area contributed by atoms with Crippen LogP contribution >= 0.6 is 0 Å². The summed E-state index contributed by atoms with van der Waals surface area (Å²) < 4.78 is 54.8. The number of ether oxygens (including phenoxy) is 1. The van der Waals surface area contributed by atoms with E-state index in [0.717, 1.165) is 51.7 Å². The molecule has 0 spiro atoms. The lowest BCUT2D eigenvalue weighted by Gasteiger charge is -2.33. The maximum Gasteiger partial charge on any atom is 0.573 e. The molecule has 1 atom stereocenters. The quantitative estimate of drug-likeness (QED) is 0.309. The average molecular weight is 532 g/mol. The third-order valence-corrected chi connectivity index (χ3v) is 7.56. The molecule has 6 nitrogen and oxygen atoms in total. The number of hydrogen-bond acceptors (Lipinski definition) is 4. The zero-order valence-electron chi connectivity index (χ0n) is 20.8. The van der Waals surface area contributed by atoms with Crippen LogP contribution < -0.4 is 4.74 Å². The number of alkyl halides is 3. The first-order valence-corrected chi connectivity index (χ1v) is 12.9. The Bertz CT molecular complexity index is 1300. The first kappa shape index (κ1) is 26.2. The van der Waals surface area contributed by atoms with Crippen molar-refractivity contribution < 1.29 is 31.9 Å². The van der Waals surface area contributed by atoms with Crippen LogP contribution in [0.3, 0.4) is 0 Å². The fourth-order valence-corrected chi connectivity index (χ4v) is 5.58. The number of aromatic nitrogens is 1. The molecule has 0 unspecified atom stereocenters. The van der Waals surface area contributed by atoms with Crippen LogP contribution in [0, 0.1) is 11.7 Å². The van der Waals surface area contributed by atoms with Crippen LogP contribution in [0.25, 0.3) is 10.9 Å². The van der Waals surface area contributed by atoms with E-state index in [1.807, 2.05) is 4.90 Å². The fourth-order valence-electron chi connectivity index (χ4n) is 5.58. The molecule has 1 N–H and O–H groups in total. The number of H-pyrrole nitrogens is 1. The van der Waals surface area contributed by atoms with Gasteiger partial charge in [-0.3, -0.25) is 9.59 Å². The van der Waals surface area contributed by atoms with Crippen LogP contribution in [0.1, 0.15) is 53.0 Å². The number of likely N-dealkylation sites (tertiary alicyclic amines) is 2. The van der Waals surface area contributed by atoms with Crippen molar-refractivity contribution in [3.8, 4) is 5.75 Å². The lowest BCUT2D eigenvalue weighted by molar-refractivity contribution is -0.274. The second-order valence-electron chi connectivity index (χ2n) is 10.1. The molecule has 202 valence electrons. The van der Waals surface area contributed by atoms with Gasteiger partial charge in [0.05, 0.1) is 0 Å². The van der Waals surface area contributed by atoms with Gasteiger partial charge in [0.25, 0.3) is 5.91 Å². The van der Waals surface area contributed by atoms with Crippen molar-refractivity contribution in [2.75, 3.05) is 26.2 Å². The molecule has 0 radical (unpaired) electrons. The van der Waals surface area contributed by atoms with Crippen molar-refractivity contribution in [3.63, 3.8) is 0 Å². The lowest BCUT2D eigenvalue weighted by atomic mass is 9.88. The number of hydrogen-bond donors (Lipinski definition) is 1. The molecule has 0 aliphatic carbocycles. The first-order valence-electron chi connectivity index (χ1n) is 12.9. The Kier molecular flexibility index (Phi) is 7.43. The monoisotopic (exact) mass is 531 g/mol. The molecule has 1 aromatic heterocycles. The second-order valence-corrected chi connectivity index (χ2v) is 10.1. The second kappa shape index (κ2) is 10.8. The zero-order valence-corrected chi connectivity index (χ0v) is 20.8. The van der Waals surface area contributed by atoms with E-state index in [4.69, 9.17) is 0 Å². The predicted octanol–water partition coefficient (Wildman–Crippen LogP) is 5.80. The van der Waals surface area contributed by atoms with Crippen LogP contribution in [0.4, 0.5) is 17.6 Å². The number of nitrogens with one attached hydrogen (secondary N) is 1. The summed E-state index contributed by atoms with van der Waals surface area (Å²) in [4.78, 5) is 33.1. The van der Waals surface area contributed by atoms with Crippen LogP contribution in [0.15, 0.2) is 48.5 Å². The van der Waals surface area contributed by atoms with E-state index in [1.165, 1.54) is 42.5 Å². The smallest absolute Gasteiger partial charge is 0.406 e. The summed E-state index contributed by atoms with van der Waals surface area (Å²) in [5.41, 5.74) is 1.30. The number of amides is 1. The van der Waals surface area contributed by atoms with Gasteiger partial charge in [0.2, 0.25) is 0 Å². The van der Waals surface area contributed by atoms with Gasteiger partial charge in [-0.25, -0.2) is 4.39 Å². The topological polar surface area (TPSA) is 65.6 Å². The van der Waals surface area contributed by atoms with E-state index in [9.17, 15) is 27.2 Å². The number of carbonyl (C=O) groups excluding carboxylic acids is 2. The molecule has 2 aliphatic rings. The Hall–Kier alpha value is -3.40. The third-order valence-electron chi connectivity index (χ3n) is 7.56. The molecular weight excluding hydrogens is 502 g/mol. The molecule has 0 bridgehead atoms. The Morgan fingerprint density at radius 3 is 2.42 bits per heavy atom. The van der Waals surface area contributed by atoms with Crippen LogP contribution in [0.2, 0.25) is 0 Å². The SMILES string of the molecule is O=C(c1ccc(F)cc1)C1CCN(CC[C@@H]2CCCN2C(=O)c2cc3ccc(OC(F)(F)F)cc3[nH]2)CC1. The van der Waals surface area contributed by atoms with Gasteiger partial charge in [-0.2, -0.15) is 0 Å². The number of benzene rings is 2. The Balaban J connectivity index is 1.15. The number of aromatic amines is 1. The molecule has 2 aromatic carbocycles. The molecule has 5 rings (SSSR count). The first-order chi connectivity index (χ1) is 18.2. The van der Waals surface area contributed by atoms with Gasteiger partial charge in [-0.1, -0.05) is 0 Å². The number of carbonyl (C=O) groups is 2. The number of piperidine rings is 1. The number of halogens is 4. The number of nitrogens with zero attached hydrogens (tertiary/aromatic N) is 2. The van der Waals surface area contributed by atoms with Gasteiger partial charge < -0.3 is 19.5 Å². The highest BCUT2D eigenvalue weighted by Gasteiger charge is 2.33. The molecular formula is C28H29F4N3O3. The van der Waals surface area contributed by atoms with E-state index in [2.05, 4.69) is 14.6 Å². The molecule has 3 heterocycles. The number of rotatable bonds is 7. The number of ketones is 1. The van der Waals surface area contributed by atoms with Crippen molar-refractivity contribution in [2.45, 2.75) is 44.5 Å². The van der Waals surface area contributed by atoms with Crippen molar-refractivity contribution in [3.05, 3.63) is 65.6 Å². The largest absolute Gasteiger partial charge is 0.573 e. The highest BCUT2D eigenvalue weighted by Crippen LogP contribution is 2.29.